The van der Waals surface area contributed by atoms with Gasteiger partial charge in [0.1, 0.15) is 0 Å². The molecule has 2 aliphatic rings. The highest BCUT2D eigenvalue weighted by Gasteiger charge is 2.23. The third-order valence-corrected chi connectivity index (χ3v) is 6.74. The Kier molecular flexibility index (Phi) is 6.06. The van der Waals surface area contributed by atoms with Crippen LogP contribution in [0.15, 0.2) is 58.6 Å². The number of aromatic nitrogens is 1. The van der Waals surface area contributed by atoms with Crippen molar-refractivity contribution in [1.82, 2.24) is 4.98 Å². The van der Waals surface area contributed by atoms with Gasteiger partial charge in [-0.15, -0.1) is 0 Å². The number of nitrogens with one attached hydrogen (secondary N) is 1. The average Bonchev–Trinajstić information content (AvgIpc) is 3.15. The van der Waals surface area contributed by atoms with Gasteiger partial charge in [0.15, 0.2) is 5.17 Å². The first-order valence-corrected chi connectivity index (χ1v) is 11.6. The first-order valence-electron chi connectivity index (χ1n) is 10.0. The van der Waals surface area contributed by atoms with Crippen LogP contribution in [0.5, 0.6) is 0 Å². The van der Waals surface area contributed by atoms with Crippen LogP contribution < -0.4 is 10.2 Å². The van der Waals surface area contributed by atoms with Gasteiger partial charge in [-0.2, -0.15) is 4.99 Å². The lowest BCUT2D eigenvalue weighted by molar-refractivity contribution is -0.113. The summed E-state index contributed by atoms with van der Waals surface area (Å²) in [5.41, 5.74) is 3.47. The van der Waals surface area contributed by atoms with E-state index in [4.69, 9.17) is 27.9 Å². The molecule has 0 radical (unpaired) electrons. The summed E-state index contributed by atoms with van der Waals surface area (Å²) in [5, 5.41) is 5.47. The van der Waals surface area contributed by atoms with Gasteiger partial charge in [-0.1, -0.05) is 35.3 Å². The zero-order valence-electron chi connectivity index (χ0n) is 16.8. The second-order valence-corrected chi connectivity index (χ2v) is 9.11. The molecule has 0 atom stereocenters. The first kappa shape index (κ1) is 21.3. The van der Waals surface area contributed by atoms with Crippen LogP contribution in [-0.2, 0) is 9.53 Å². The van der Waals surface area contributed by atoms with Crippen molar-refractivity contribution in [3.63, 3.8) is 0 Å². The number of thioether (sulfide) groups is 1. The topological polar surface area (TPSA) is 66.8 Å². The molecule has 2 aliphatic heterocycles. The van der Waals surface area contributed by atoms with E-state index in [1.54, 1.807) is 18.2 Å². The number of carbonyl (C=O) groups is 1. The fourth-order valence-corrected chi connectivity index (χ4v) is 4.97. The molecule has 32 heavy (non-hydrogen) atoms. The van der Waals surface area contributed by atoms with Gasteiger partial charge < -0.3 is 15.0 Å². The molecule has 0 unspecified atom stereocenters. The molecular formula is C23H18Cl2N4O2S. The van der Waals surface area contributed by atoms with E-state index in [-0.39, 0.29) is 5.91 Å². The van der Waals surface area contributed by atoms with Gasteiger partial charge in [0.25, 0.3) is 5.91 Å². The summed E-state index contributed by atoms with van der Waals surface area (Å²) in [5.74, 6) is -0.305. The molecule has 0 aliphatic carbocycles. The van der Waals surface area contributed by atoms with Crippen molar-refractivity contribution >= 4 is 74.4 Å². The molecule has 2 aromatic carbocycles. The molecule has 1 amide bonds. The molecule has 0 spiro atoms. The fourth-order valence-electron chi connectivity index (χ4n) is 3.66. The minimum Gasteiger partial charge on any atom is -0.378 e. The predicted octanol–water partition coefficient (Wildman–Crippen LogP) is 5.46. The highest BCUT2D eigenvalue weighted by Crippen LogP contribution is 2.35. The molecule has 162 valence electrons. The fraction of sp³-hybridized carbons (Fsp3) is 0.174. The Balaban J connectivity index is 1.41. The van der Waals surface area contributed by atoms with Gasteiger partial charge in [0.2, 0.25) is 0 Å². The van der Waals surface area contributed by atoms with Crippen molar-refractivity contribution in [3.8, 4) is 0 Å². The Bertz CT molecular complexity index is 1250. The number of amides is 1. The van der Waals surface area contributed by atoms with Crippen molar-refractivity contribution in [2.24, 2.45) is 4.99 Å². The number of halogens is 2. The first-order chi connectivity index (χ1) is 15.6. The Hall–Kier alpha value is -2.58. The maximum absolute atomic E-state index is 12.5. The van der Waals surface area contributed by atoms with E-state index in [2.05, 4.69) is 26.3 Å². The molecule has 5 rings (SSSR count). The normalized spacial score (nSPS) is 17.8. The van der Waals surface area contributed by atoms with Crippen molar-refractivity contribution in [2.45, 2.75) is 0 Å². The quantitative estimate of drug-likeness (QED) is 0.497. The van der Waals surface area contributed by atoms with Gasteiger partial charge in [-0.25, -0.2) is 0 Å². The number of fused-ring (bicyclic) bond motifs is 1. The van der Waals surface area contributed by atoms with Gasteiger partial charge in [-0.05, 0) is 53.7 Å². The van der Waals surface area contributed by atoms with E-state index >= 15 is 0 Å². The zero-order valence-corrected chi connectivity index (χ0v) is 19.2. The maximum Gasteiger partial charge on any atom is 0.286 e. The molecule has 0 bridgehead atoms. The summed E-state index contributed by atoms with van der Waals surface area (Å²) in [6.07, 6.45) is 3.67. The van der Waals surface area contributed by atoms with E-state index in [9.17, 15) is 4.79 Å². The highest BCUT2D eigenvalue weighted by atomic mass is 35.5. The maximum atomic E-state index is 12.5. The lowest BCUT2D eigenvalue weighted by Gasteiger charge is -2.29. The molecule has 6 nitrogen and oxygen atoms in total. The van der Waals surface area contributed by atoms with Gasteiger partial charge in [-0.3, -0.25) is 9.78 Å². The number of hydrogen-bond donors (Lipinski definition) is 1. The Morgan fingerprint density at radius 3 is 2.66 bits per heavy atom. The summed E-state index contributed by atoms with van der Waals surface area (Å²) < 4.78 is 5.48. The summed E-state index contributed by atoms with van der Waals surface area (Å²) in [4.78, 5) is 23.9. The minimum atomic E-state index is -0.305. The van der Waals surface area contributed by atoms with Gasteiger partial charge >= 0.3 is 0 Å². The number of benzene rings is 2. The Morgan fingerprint density at radius 2 is 1.88 bits per heavy atom. The molecule has 1 fully saturated rings. The van der Waals surface area contributed by atoms with Gasteiger partial charge in [0, 0.05) is 30.4 Å². The van der Waals surface area contributed by atoms with Crippen molar-refractivity contribution < 1.29 is 9.53 Å². The number of nitrogens with zero attached hydrogens (tertiary/aromatic N) is 3. The SMILES string of the molecule is O=C1N=C(Nc2c(Cl)cccc2Cl)SC1=Cc1ccc2nccc(N3CCOCC3)c2c1. The summed E-state index contributed by atoms with van der Waals surface area (Å²) in [6.45, 7) is 3.10. The van der Waals surface area contributed by atoms with E-state index in [1.807, 2.05) is 30.5 Å². The smallest absolute Gasteiger partial charge is 0.286 e. The van der Waals surface area contributed by atoms with Crippen molar-refractivity contribution in [2.75, 3.05) is 36.5 Å². The van der Waals surface area contributed by atoms with Crippen LogP contribution in [0, 0.1) is 0 Å². The van der Waals surface area contributed by atoms with E-state index in [0.717, 1.165) is 35.2 Å². The molecule has 3 aromatic rings. The van der Waals surface area contributed by atoms with Crippen LogP contribution in [0.3, 0.4) is 0 Å². The van der Waals surface area contributed by atoms with E-state index in [1.165, 1.54) is 11.8 Å². The number of rotatable bonds is 3. The van der Waals surface area contributed by atoms with E-state index < -0.39 is 0 Å². The van der Waals surface area contributed by atoms with E-state index in [0.29, 0.717) is 39.0 Å². The molecule has 9 heteroatoms. The van der Waals surface area contributed by atoms with Crippen LogP contribution in [0.25, 0.3) is 17.0 Å². The Labute approximate surface area is 199 Å². The molecule has 1 N–H and O–H groups in total. The standard InChI is InChI=1S/C23H18Cl2N4O2S/c24-16-2-1-3-17(25)21(16)27-23-28-22(30)20(32-23)13-14-4-5-18-15(12-14)19(6-7-26-18)29-8-10-31-11-9-29/h1-7,12-13H,8-11H2,(H,27,28,30). The van der Waals surface area contributed by atoms with Crippen LogP contribution in [0.2, 0.25) is 10.0 Å². The number of para-hydroxylation sites is 1. The third-order valence-electron chi connectivity index (χ3n) is 5.21. The third kappa shape index (κ3) is 4.34. The molecule has 1 saturated heterocycles. The summed E-state index contributed by atoms with van der Waals surface area (Å²) in [7, 11) is 0. The largest absolute Gasteiger partial charge is 0.378 e. The van der Waals surface area contributed by atoms with Crippen LogP contribution in [0.1, 0.15) is 5.56 Å². The number of pyridine rings is 1. The molecular weight excluding hydrogens is 467 g/mol. The van der Waals surface area contributed by atoms with Crippen molar-refractivity contribution in [3.05, 3.63) is 69.2 Å². The number of hydrogen-bond acceptors (Lipinski definition) is 6. The second kappa shape index (κ2) is 9.11. The molecule has 1 aromatic heterocycles. The second-order valence-electron chi connectivity index (χ2n) is 7.26. The van der Waals surface area contributed by atoms with Gasteiger partial charge in [0.05, 0.1) is 39.4 Å². The number of morpholine rings is 1. The number of amidine groups is 1. The van der Waals surface area contributed by atoms with Crippen LogP contribution >= 0.6 is 35.0 Å². The number of anilines is 2. The summed E-state index contributed by atoms with van der Waals surface area (Å²) in [6, 6.07) is 13.2. The van der Waals surface area contributed by atoms with Crippen molar-refractivity contribution in [1.29, 1.82) is 0 Å². The molecule has 0 saturated carbocycles. The highest BCUT2D eigenvalue weighted by molar-refractivity contribution is 8.18. The number of carbonyl (C=O) groups excluding carboxylic acids is 1. The number of aliphatic imine (C=N–C) groups is 1. The minimum absolute atomic E-state index is 0.305. The zero-order chi connectivity index (χ0) is 22.1. The lowest BCUT2D eigenvalue weighted by atomic mass is 10.1. The van der Waals surface area contributed by atoms with Crippen LogP contribution in [-0.4, -0.2) is 42.4 Å². The Morgan fingerprint density at radius 1 is 1.09 bits per heavy atom. The van der Waals surface area contributed by atoms with Crippen LogP contribution in [0.4, 0.5) is 11.4 Å². The lowest BCUT2D eigenvalue weighted by Crippen LogP contribution is -2.36. The predicted molar refractivity (Wildman–Crippen MR) is 133 cm³/mol. The molecule has 3 heterocycles. The summed E-state index contributed by atoms with van der Waals surface area (Å²) >= 11 is 13.7. The number of ether oxygens (including phenoxy) is 1. The monoisotopic (exact) mass is 484 g/mol. The average molecular weight is 485 g/mol.